The number of benzene rings is 1. The summed E-state index contributed by atoms with van der Waals surface area (Å²) in [5.74, 6) is 0.891. The lowest BCUT2D eigenvalue weighted by molar-refractivity contribution is 0.687. The maximum Gasteiger partial charge on any atom is 0.160 e. The molecule has 1 aromatic carbocycles. The number of hydrogen-bond acceptors (Lipinski definition) is 2. The fourth-order valence-electron chi connectivity index (χ4n) is 1.95. The summed E-state index contributed by atoms with van der Waals surface area (Å²) in [5, 5.41) is 4.54. The highest BCUT2D eigenvalue weighted by molar-refractivity contribution is 5.48. The molecule has 0 aliphatic heterocycles. The Labute approximate surface area is 106 Å². The van der Waals surface area contributed by atoms with Crippen LogP contribution >= 0.6 is 0 Å². The van der Waals surface area contributed by atoms with E-state index in [4.69, 9.17) is 0 Å². The molecular formula is C14H14N4. The van der Waals surface area contributed by atoms with Crippen molar-refractivity contribution in [2.75, 3.05) is 0 Å². The van der Waals surface area contributed by atoms with Crippen molar-refractivity contribution in [2.45, 2.75) is 6.54 Å². The molecule has 3 aromatic rings. The van der Waals surface area contributed by atoms with Gasteiger partial charge in [-0.25, -0.2) is 4.98 Å². The Morgan fingerprint density at radius 2 is 1.89 bits per heavy atom. The van der Waals surface area contributed by atoms with E-state index in [9.17, 15) is 0 Å². The standard InChI is InChI=1S/C14H14N4/c1-17-10-8-15-14(17)13-7-9-18(16-13)11-12-5-3-2-4-6-12/h2-10H,11H2,1H3. The first-order valence-corrected chi connectivity index (χ1v) is 5.88. The quantitative estimate of drug-likeness (QED) is 0.702. The van der Waals surface area contributed by atoms with Crippen LogP contribution in [0.3, 0.4) is 0 Å². The molecule has 0 aliphatic rings. The van der Waals surface area contributed by atoms with Crippen molar-refractivity contribution in [3.05, 3.63) is 60.6 Å². The van der Waals surface area contributed by atoms with E-state index in [1.54, 1.807) is 6.20 Å². The minimum Gasteiger partial charge on any atom is -0.333 e. The molecule has 0 unspecified atom stereocenters. The first kappa shape index (κ1) is 10.8. The summed E-state index contributed by atoms with van der Waals surface area (Å²) in [6, 6.07) is 12.3. The van der Waals surface area contributed by atoms with E-state index >= 15 is 0 Å². The summed E-state index contributed by atoms with van der Waals surface area (Å²) in [6.45, 7) is 0.783. The lowest BCUT2D eigenvalue weighted by Crippen LogP contribution is -2.01. The lowest BCUT2D eigenvalue weighted by atomic mass is 10.2. The van der Waals surface area contributed by atoms with Crippen LogP contribution in [0.25, 0.3) is 11.5 Å². The van der Waals surface area contributed by atoms with E-state index in [2.05, 4.69) is 22.2 Å². The first-order valence-electron chi connectivity index (χ1n) is 5.88. The van der Waals surface area contributed by atoms with Gasteiger partial charge in [-0.15, -0.1) is 0 Å². The Morgan fingerprint density at radius 3 is 2.61 bits per heavy atom. The summed E-state index contributed by atoms with van der Waals surface area (Å²) in [4.78, 5) is 4.29. The van der Waals surface area contributed by atoms with Crippen molar-refractivity contribution in [3.8, 4) is 11.5 Å². The largest absolute Gasteiger partial charge is 0.333 e. The zero-order valence-corrected chi connectivity index (χ0v) is 10.2. The Bertz CT molecular complexity index is 637. The second kappa shape index (κ2) is 4.49. The molecule has 0 aliphatic carbocycles. The van der Waals surface area contributed by atoms with Gasteiger partial charge in [0.15, 0.2) is 5.82 Å². The van der Waals surface area contributed by atoms with Crippen LogP contribution in [-0.2, 0) is 13.6 Å². The van der Waals surface area contributed by atoms with Crippen molar-refractivity contribution in [3.63, 3.8) is 0 Å². The molecule has 0 radical (unpaired) electrons. The van der Waals surface area contributed by atoms with Gasteiger partial charge in [-0.2, -0.15) is 5.10 Å². The number of imidazole rings is 1. The maximum absolute atomic E-state index is 4.54. The monoisotopic (exact) mass is 238 g/mol. The lowest BCUT2D eigenvalue weighted by Gasteiger charge is -2.01. The highest BCUT2D eigenvalue weighted by atomic mass is 15.3. The van der Waals surface area contributed by atoms with Crippen LogP contribution in [-0.4, -0.2) is 19.3 Å². The topological polar surface area (TPSA) is 35.6 Å². The van der Waals surface area contributed by atoms with Crippen LogP contribution in [0.5, 0.6) is 0 Å². The average Bonchev–Trinajstić information content (AvgIpc) is 2.99. The van der Waals surface area contributed by atoms with E-state index in [0.29, 0.717) is 0 Å². The molecule has 0 N–H and O–H groups in total. The highest BCUT2D eigenvalue weighted by Gasteiger charge is 2.06. The van der Waals surface area contributed by atoms with E-state index < -0.39 is 0 Å². The van der Waals surface area contributed by atoms with Crippen molar-refractivity contribution >= 4 is 0 Å². The second-order valence-electron chi connectivity index (χ2n) is 4.25. The molecule has 0 saturated heterocycles. The van der Waals surface area contributed by atoms with Crippen LogP contribution in [0.1, 0.15) is 5.56 Å². The van der Waals surface area contributed by atoms with Gasteiger partial charge in [-0.1, -0.05) is 30.3 Å². The normalized spacial score (nSPS) is 10.7. The van der Waals surface area contributed by atoms with Crippen LogP contribution in [0.2, 0.25) is 0 Å². The molecule has 4 heteroatoms. The third kappa shape index (κ3) is 2.05. The summed E-state index contributed by atoms with van der Waals surface area (Å²) >= 11 is 0. The zero-order valence-electron chi connectivity index (χ0n) is 10.2. The SMILES string of the molecule is Cn1ccnc1-c1ccn(Cc2ccccc2)n1. The number of aryl methyl sites for hydroxylation is 1. The van der Waals surface area contributed by atoms with Gasteiger partial charge < -0.3 is 4.57 Å². The van der Waals surface area contributed by atoms with Gasteiger partial charge in [0, 0.05) is 25.6 Å². The van der Waals surface area contributed by atoms with Crippen LogP contribution in [0.15, 0.2) is 55.0 Å². The molecule has 2 aromatic heterocycles. The fourth-order valence-corrected chi connectivity index (χ4v) is 1.95. The number of rotatable bonds is 3. The molecule has 2 heterocycles. The zero-order chi connectivity index (χ0) is 12.4. The molecule has 0 fully saturated rings. The molecule has 4 nitrogen and oxygen atoms in total. The Morgan fingerprint density at radius 1 is 1.06 bits per heavy atom. The average molecular weight is 238 g/mol. The van der Waals surface area contributed by atoms with Crippen molar-refractivity contribution in [1.29, 1.82) is 0 Å². The van der Waals surface area contributed by atoms with E-state index in [1.165, 1.54) is 5.56 Å². The van der Waals surface area contributed by atoms with Gasteiger partial charge in [0.1, 0.15) is 5.69 Å². The third-order valence-corrected chi connectivity index (χ3v) is 2.88. The predicted octanol–water partition coefficient (Wildman–Crippen LogP) is 2.33. The molecule has 3 rings (SSSR count). The summed E-state index contributed by atoms with van der Waals surface area (Å²) in [7, 11) is 1.97. The minimum atomic E-state index is 0.783. The summed E-state index contributed by atoms with van der Waals surface area (Å²) < 4.78 is 3.90. The molecule has 0 saturated carbocycles. The Balaban J connectivity index is 1.84. The molecule has 18 heavy (non-hydrogen) atoms. The number of aromatic nitrogens is 4. The van der Waals surface area contributed by atoms with Crippen LogP contribution in [0, 0.1) is 0 Å². The van der Waals surface area contributed by atoms with Gasteiger partial charge >= 0.3 is 0 Å². The van der Waals surface area contributed by atoms with Crippen LogP contribution in [0.4, 0.5) is 0 Å². The van der Waals surface area contributed by atoms with E-state index in [1.807, 2.05) is 53.0 Å². The van der Waals surface area contributed by atoms with Gasteiger partial charge in [0.2, 0.25) is 0 Å². The van der Waals surface area contributed by atoms with Gasteiger partial charge in [-0.3, -0.25) is 4.68 Å². The Kier molecular flexibility index (Phi) is 2.68. The number of nitrogens with zero attached hydrogens (tertiary/aromatic N) is 4. The summed E-state index contributed by atoms with van der Waals surface area (Å²) in [6.07, 6.45) is 5.69. The molecule has 0 bridgehead atoms. The Hall–Kier alpha value is -2.36. The van der Waals surface area contributed by atoms with Crippen LogP contribution < -0.4 is 0 Å². The van der Waals surface area contributed by atoms with Gasteiger partial charge in [-0.05, 0) is 11.6 Å². The number of hydrogen-bond donors (Lipinski definition) is 0. The van der Waals surface area contributed by atoms with Gasteiger partial charge in [0.25, 0.3) is 0 Å². The van der Waals surface area contributed by atoms with Crippen molar-refractivity contribution in [2.24, 2.45) is 7.05 Å². The second-order valence-corrected chi connectivity index (χ2v) is 4.25. The molecule has 0 spiro atoms. The maximum atomic E-state index is 4.54. The predicted molar refractivity (Wildman–Crippen MR) is 70.0 cm³/mol. The van der Waals surface area contributed by atoms with E-state index in [-0.39, 0.29) is 0 Å². The van der Waals surface area contributed by atoms with E-state index in [0.717, 1.165) is 18.1 Å². The summed E-state index contributed by atoms with van der Waals surface area (Å²) in [5.41, 5.74) is 2.14. The van der Waals surface area contributed by atoms with Crippen molar-refractivity contribution < 1.29 is 0 Å². The molecule has 0 atom stereocenters. The van der Waals surface area contributed by atoms with Gasteiger partial charge in [0.05, 0.1) is 6.54 Å². The first-order chi connectivity index (χ1) is 8.83. The minimum absolute atomic E-state index is 0.783. The smallest absolute Gasteiger partial charge is 0.160 e. The molecule has 90 valence electrons. The fraction of sp³-hybridized carbons (Fsp3) is 0.143. The molecule has 0 amide bonds. The van der Waals surface area contributed by atoms with Crippen molar-refractivity contribution in [1.82, 2.24) is 19.3 Å². The molecular weight excluding hydrogens is 224 g/mol. The third-order valence-electron chi connectivity index (χ3n) is 2.88. The highest BCUT2D eigenvalue weighted by Crippen LogP contribution is 2.13.